The Kier molecular flexibility index (Phi) is 5.45. The predicted octanol–water partition coefficient (Wildman–Crippen LogP) is 6.71. The van der Waals surface area contributed by atoms with E-state index in [0.717, 1.165) is 39.8 Å². The lowest BCUT2D eigenvalue weighted by molar-refractivity contribution is -0.113. The summed E-state index contributed by atoms with van der Waals surface area (Å²) in [5.74, 6) is -0.0615. The summed E-state index contributed by atoms with van der Waals surface area (Å²) in [6.45, 7) is 4.81. The van der Waals surface area contributed by atoms with Gasteiger partial charge < -0.3 is 4.57 Å². The highest BCUT2D eigenvalue weighted by atomic mass is 32.2. The first-order valence-electron chi connectivity index (χ1n) is 10.5. The lowest BCUT2D eigenvalue weighted by Gasteiger charge is -2.17. The van der Waals surface area contributed by atoms with Gasteiger partial charge in [-0.1, -0.05) is 84.6 Å². The molecule has 0 saturated carbocycles. The Hall–Kier alpha value is -3.15. The molecule has 3 aromatic carbocycles. The van der Waals surface area contributed by atoms with Crippen molar-refractivity contribution in [1.29, 1.82) is 0 Å². The number of carbonyl (C=O) groups excluding carboxylic acids is 1. The standard InChI is InChI=1S/C27H22N2OS2/c1-18-12-13-19(2)24(14-18)29-26(30)25(32-27(29)31)15-21-17-28(16-20-8-4-3-5-9-20)23-11-7-6-10-22(21)23/h3-15,17H,16H2,1-2H3. The third-order valence-electron chi connectivity index (χ3n) is 5.70. The fourth-order valence-corrected chi connectivity index (χ4v) is 5.35. The van der Waals surface area contributed by atoms with Crippen LogP contribution in [0.4, 0.5) is 5.69 Å². The molecule has 1 aliphatic heterocycles. The number of fused-ring (bicyclic) bond motifs is 1. The van der Waals surface area contributed by atoms with Gasteiger partial charge in [0.2, 0.25) is 0 Å². The molecule has 0 N–H and O–H groups in total. The fourth-order valence-electron chi connectivity index (χ4n) is 4.08. The molecule has 3 nitrogen and oxygen atoms in total. The van der Waals surface area contributed by atoms with E-state index >= 15 is 0 Å². The SMILES string of the molecule is Cc1ccc(C)c(N2C(=O)C(=Cc3cn(Cc4ccccc4)c4ccccc34)SC2=S)c1. The molecule has 4 aromatic rings. The molecule has 0 aliphatic carbocycles. The molecule has 0 spiro atoms. The van der Waals surface area contributed by atoms with Gasteiger partial charge >= 0.3 is 0 Å². The molecule has 1 fully saturated rings. The zero-order valence-corrected chi connectivity index (χ0v) is 19.5. The molecule has 0 atom stereocenters. The second-order valence-electron chi connectivity index (χ2n) is 8.02. The molecule has 1 saturated heterocycles. The van der Waals surface area contributed by atoms with Crippen LogP contribution in [0.1, 0.15) is 22.3 Å². The summed E-state index contributed by atoms with van der Waals surface area (Å²) >= 11 is 6.97. The van der Waals surface area contributed by atoms with Gasteiger partial charge in [0.25, 0.3) is 5.91 Å². The monoisotopic (exact) mass is 454 g/mol. The molecule has 1 aromatic heterocycles. The van der Waals surface area contributed by atoms with Gasteiger partial charge in [0.15, 0.2) is 4.32 Å². The lowest BCUT2D eigenvalue weighted by Crippen LogP contribution is -2.28. The molecule has 0 radical (unpaired) electrons. The highest BCUT2D eigenvalue weighted by Gasteiger charge is 2.34. The number of aryl methyl sites for hydroxylation is 2. The molecule has 158 valence electrons. The molecule has 32 heavy (non-hydrogen) atoms. The van der Waals surface area contributed by atoms with Gasteiger partial charge in [0.05, 0.1) is 10.6 Å². The van der Waals surface area contributed by atoms with E-state index in [1.165, 1.54) is 17.3 Å². The van der Waals surface area contributed by atoms with Crippen LogP contribution in [0.3, 0.4) is 0 Å². The summed E-state index contributed by atoms with van der Waals surface area (Å²) in [5, 5.41) is 1.13. The van der Waals surface area contributed by atoms with Crippen LogP contribution in [0.25, 0.3) is 17.0 Å². The predicted molar refractivity (Wildman–Crippen MR) is 139 cm³/mol. The second-order valence-corrected chi connectivity index (χ2v) is 9.70. The summed E-state index contributed by atoms with van der Waals surface area (Å²) in [7, 11) is 0. The number of rotatable bonds is 4. The number of benzene rings is 3. The van der Waals surface area contributed by atoms with Crippen LogP contribution >= 0.6 is 24.0 Å². The Morgan fingerprint density at radius 1 is 0.969 bits per heavy atom. The molecule has 5 rings (SSSR count). The highest BCUT2D eigenvalue weighted by Crippen LogP contribution is 2.38. The van der Waals surface area contributed by atoms with E-state index in [4.69, 9.17) is 12.2 Å². The largest absolute Gasteiger partial charge is 0.342 e. The van der Waals surface area contributed by atoms with Gasteiger partial charge in [-0.15, -0.1) is 0 Å². The number of thiocarbonyl (C=S) groups is 1. The van der Waals surface area contributed by atoms with Crippen molar-refractivity contribution in [2.75, 3.05) is 4.90 Å². The Bertz CT molecular complexity index is 1390. The number of aromatic nitrogens is 1. The van der Waals surface area contributed by atoms with E-state index in [9.17, 15) is 4.79 Å². The van der Waals surface area contributed by atoms with E-state index in [1.807, 2.05) is 56.3 Å². The maximum atomic E-state index is 13.4. The fraction of sp³-hybridized carbons (Fsp3) is 0.111. The van der Waals surface area contributed by atoms with Crippen molar-refractivity contribution in [2.45, 2.75) is 20.4 Å². The van der Waals surface area contributed by atoms with Crippen molar-refractivity contribution >= 4 is 56.9 Å². The van der Waals surface area contributed by atoms with Crippen molar-refractivity contribution in [3.05, 3.63) is 106 Å². The first kappa shape index (κ1) is 20.7. The van der Waals surface area contributed by atoms with Crippen LogP contribution in [0.5, 0.6) is 0 Å². The number of amides is 1. The van der Waals surface area contributed by atoms with Crippen LogP contribution in [-0.4, -0.2) is 14.8 Å². The van der Waals surface area contributed by atoms with E-state index in [1.54, 1.807) is 4.90 Å². The molecule has 5 heteroatoms. The quantitative estimate of drug-likeness (QED) is 0.253. The average Bonchev–Trinajstić information content (AvgIpc) is 3.27. The summed E-state index contributed by atoms with van der Waals surface area (Å²) in [5.41, 5.74) is 6.41. The summed E-state index contributed by atoms with van der Waals surface area (Å²) in [6, 6.07) is 24.8. The van der Waals surface area contributed by atoms with Crippen LogP contribution in [0, 0.1) is 13.8 Å². The van der Waals surface area contributed by atoms with Crippen molar-refractivity contribution in [2.24, 2.45) is 0 Å². The molecule has 0 unspecified atom stereocenters. The normalized spacial score (nSPS) is 15.3. The van der Waals surface area contributed by atoms with Gasteiger partial charge in [-0.2, -0.15) is 0 Å². The molecule has 1 aliphatic rings. The maximum Gasteiger partial charge on any atom is 0.270 e. The van der Waals surface area contributed by atoms with E-state index < -0.39 is 0 Å². The van der Waals surface area contributed by atoms with E-state index in [2.05, 4.69) is 47.2 Å². The zero-order valence-electron chi connectivity index (χ0n) is 17.9. The van der Waals surface area contributed by atoms with Crippen LogP contribution in [0.2, 0.25) is 0 Å². The van der Waals surface area contributed by atoms with Gasteiger partial charge in [-0.05, 0) is 48.7 Å². The minimum Gasteiger partial charge on any atom is -0.342 e. The van der Waals surface area contributed by atoms with Gasteiger partial charge in [-0.3, -0.25) is 9.69 Å². The highest BCUT2D eigenvalue weighted by molar-refractivity contribution is 8.27. The maximum absolute atomic E-state index is 13.4. The van der Waals surface area contributed by atoms with Crippen LogP contribution in [0.15, 0.2) is 83.9 Å². The van der Waals surface area contributed by atoms with Crippen molar-refractivity contribution < 1.29 is 4.79 Å². The Balaban J connectivity index is 1.54. The third-order valence-corrected chi connectivity index (χ3v) is 7.00. The first-order valence-corrected chi connectivity index (χ1v) is 11.7. The second kappa shape index (κ2) is 8.41. The molecular weight excluding hydrogens is 432 g/mol. The number of hydrogen-bond donors (Lipinski definition) is 0. The zero-order chi connectivity index (χ0) is 22.2. The number of hydrogen-bond acceptors (Lipinski definition) is 3. The third kappa shape index (κ3) is 3.78. The van der Waals surface area contributed by atoms with E-state index in [0.29, 0.717) is 9.23 Å². The number of nitrogens with zero attached hydrogens (tertiary/aromatic N) is 2. The van der Waals surface area contributed by atoms with Crippen molar-refractivity contribution in [1.82, 2.24) is 4.57 Å². The van der Waals surface area contributed by atoms with E-state index in [-0.39, 0.29) is 5.91 Å². The number of thioether (sulfide) groups is 1. The van der Waals surface area contributed by atoms with Crippen LogP contribution in [-0.2, 0) is 11.3 Å². The lowest BCUT2D eigenvalue weighted by atomic mass is 10.1. The Morgan fingerprint density at radius 3 is 2.53 bits per heavy atom. The summed E-state index contributed by atoms with van der Waals surface area (Å²) in [4.78, 5) is 15.7. The molecule has 0 bridgehead atoms. The van der Waals surface area contributed by atoms with Crippen molar-refractivity contribution in [3.63, 3.8) is 0 Å². The van der Waals surface area contributed by atoms with Gasteiger partial charge in [-0.25, -0.2) is 0 Å². The summed E-state index contributed by atoms with van der Waals surface area (Å²) in [6.07, 6.45) is 4.11. The topological polar surface area (TPSA) is 25.2 Å². The smallest absolute Gasteiger partial charge is 0.270 e. The minimum absolute atomic E-state index is 0.0615. The number of carbonyl (C=O) groups is 1. The minimum atomic E-state index is -0.0615. The number of anilines is 1. The molecule has 2 heterocycles. The van der Waals surface area contributed by atoms with Gasteiger partial charge in [0.1, 0.15) is 0 Å². The van der Waals surface area contributed by atoms with Crippen molar-refractivity contribution in [3.8, 4) is 0 Å². The van der Waals surface area contributed by atoms with Gasteiger partial charge in [0, 0.05) is 29.2 Å². The van der Waals surface area contributed by atoms with Crippen LogP contribution < -0.4 is 4.90 Å². The molecule has 1 amide bonds. The summed E-state index contributed by atoms with van der Waals surface area (Å²) < 4.78 is 2.81. The Labute approximate surface area is 197 Å². The Morgan fingerprint density at radius 2 is 1.72 bits per heavy atom. The molecular formula is C27H22N2OS2. The first-order chi connectivity index (χ1) is 15.5. The number of para-hydroxylation sites is 1. The average molecular weight is 455 g/mol.